The Morgan fingerprint density at radius 3 is 2.76 bits per heavy atom. The Bertz CT molecular complexity index is 456. The van der Waals surface area contributed by atoms with E-state index in [9.17, 15) is 14.6 Å². The van der Waals surface area contributed by atoms with E-state index in [4.69, 9.17) is 0 Å². The molecule has 4 nitrogen and oxygen atoms in total. The van der Waals surface area contributed by atoms with E-state index >= 15 is 0 Å². The Labute approximate surface area is 125 Å². The van der Waals surface area contributed by atoms with Crippen molar-refractivity contribution in [3.63, 3.8) is 0 Å². The number of nitrogens with zero attached hydrogens (tertiary/aromatic N) is 2. The van der Waals surface area contributed by atoms with Gasteiger partial charge in [0, 0.05) is 31.2 Å². The van der Waals surface area contributed by atoms with Crippen molar-refractivity contribution in [2.45, 2.75) is 31.1 Å². The summed E-state index contributed by atoms with van der Waals surface area (Å²) in [7, 11) is 4.02. The number of benzene rings is 1. The van der Waals surface area contributed by atoms with Crippen molar-refractivity contribution in [2.24, 2.45) is 0 Å². The fraction of sp³-hybridized carbons (Fsp3) is 0.625. The summed E-state index contributed by atoms with van der Waals surface area (Å²) in [5.74, 6) is -0.365. The molecule has 2 N–H and O–H groups in total. The van der Waals surface area contributed by atoms with Crippen molar-refractivity contribution >= 4 is 0 Å². The second kappa shape index (κ2) is 7.31. The van der Waals surface area contributed by atoms with Gasteiger partial charge in [0.2, 0.25) is 0 Å². The number of likely N-dealkylation sites (N-methyl/N-ethyl adjacent to an activating group) is 1. The maximum Gasteiger partial charge on any atom is 0.128 e. The first-order valence-electron chi connectivity index (χ1n) is 7.46. The second-order valence-corrected chi connectivity index (χ2v) is 6.13. The van der Waals surface area contributed by atoms with Crippen LogP contribution in [0.15, 0.2) is 24.3 Å². The second-order valence-electron chi connectivity index (χ2n) is 6.13. The fourth-order valence-corrected chi connectivity index (χ4v) is 3.03. The molecule has 1 saturated heterocycles. The summed E-state index contributed by atoms with van der Waals surface area (Å²) in [4.78, 5) is 4.29. The number of aliphatic hydroxyl groups excluding tert-OH is 2. The highest BCUT2D eigenvalue weighted by Gasteiger charge is 2.31. The van der Waals surface area contributed by atoms with Crippen LogP contribution in [0.4, 0.5) is 4.39 Å². The topological polar surface area (TPSA) is 46.9 Å². The van der Waals surface area contributed by atoms with Gasteiger partial charge in [-0.3, -0.25) is 4.90 Å². The maximum absolute atomic E-state index is 13.6. The number of hydrogen-bond acceptors (Lipinski definition) is 4. The average Bonchev–Trinajstić information content (AvgIpc) is 2.75. The van der Waals surface area contributed by atoms with Gasteiger partial charge in [-0.2, -0.15) is 0 Å². The van der Waals surface area contributed by atoms with Gasteiger partial charge >= 0.3 is 0 Å². The van der Waals surface area contributed by atoms with Crippen LogP contribution >= 0.6 is 0 Å². The standard InChI is InChI=1S/C16H25FN2O2/c1-18(2)10-12-9-13(20)11-19(12)8-7-16(21)14-5-3-4-6-15(14)17/h3-6,12-13,16,20-21H,7-11H2,1-2H3. The van der Waals surface area contributed by atoms with Crippen LogP contribution in [0.5, 0.6) is 0 Å². The summed E-state index contributed by atoms with van der Waals surface area (Å²) >= 11 is 0. The Morgan fingerprint density at radius 1 is 1.38 bits per heavy atom. The molecule has 1 aromatic rings. The van der Waals surface area contributed by atoms with E-state index in [1.54, 1.807) is 18.2 Å². The van der Waals surface area contributed by atoms with E-state index in [-0.39, 0.29) is 11.9 Å². The van der Waals surface area contributed by atoms with Crippen LogP contribution in [-0.2, 0) is 0 Å². The van der Waals surface area contributed by atoms with Crippen LogP contribution in [0, 0.1) is 5.82 Å². The minimum absolute atomic E-state index is 0.294. The van der Waals surface area contributed by atoms with Crippen LogP contribution in [0.1, 0.15) is 24.5 Å². The van der Waals surface area contributed by atoms with Gasteiger partial charge in [0.25, 0.3) is 0 Å². The van der Waals surface area contributed by atoms with E-state index in [2.05, 4.69) is 9.80 Å². The highest BCUT2D eigenvalue weighted by atomic mass is 19.1. The van der Waals surface area contributed by atoms with Crippen LogP contribution < -0.4 is 0 Å². The van der Waals surface area contributed by atoms with Gasteiger partial charge in [-0.15, -0.1) is 0 Å². The van der Waals surface area contributed by atoms with E-state index in [1.807, 2.05) is 14.1 Å². The molecule has 2 rings (SSSR count). The molecular formula is C16H25FN2O2. The van der Waals surface area contributed by atoms with E-state index < -0.39 is 6.10 Å². The maximum atomic E-state index is 13.6. The molecule has 1 aliphatic rings. The molecule has 0 radical (unpaired) electrons. The van der Waals surface area contributed by atoms with Gasteiger partial charge in [0.15, 0.2) is 0 Å². The first-order valence-corrected chi connectivity index (χ1v) is 7.46. The lowest BCUT2D eigenvalue weighted by Gasteiger charge is -2.27. The van der Waals surface area contributed by atoms with Gasteiger partial charge in [-0.1, -0.05) is 18.2 Å². The Balaban J connectivity index is 1.90. The SMILES string of the molecule is CN(C)CC1CC(O)CN1CCC(O)c1ccccc1F. The van der Waals surface area contributed by atoms with Crippen LogP contribution in [-0.4, -0.2) is 65.9 Å². The monoisotopic (exact) mass is 296 g/mol. The highest BCUT2D eigenvalue weighted by Crippen LogP contribution is 2.23. The largest absolute Gasteiger partial charge is 0.392 e. The van der Waals surface area contributed by atoms with Crippen LogP contribution in [0.2, 0.25) is 0 Å². The van der Waals surface area contributed by atoms with E-state index in [0.717, 1.165) is 13.0 Å². The number of hydrogen-bond donors (Lipinski definition) is 2. The molecule has 1 fully saturated rings. The summed E-state index contributed by atoms with van der Waals surface area (Å²) in [6, 6.07) is 6.64. The Morgan fingerprint density at radius 2 is 2.10 bits per heavy atom. The highest BCUT2D eigenvalue weighted by molar-refractivity contribution is 5.19. The molecule has 0 amide bonds. The number of β-amino-alcohol motifs (C(OH)–C–C–N with tert-alkyl or cyclic N) is 1. The summed E-state index contributed by atoms with van der Waals surface area (Å²) < 4.78 is 13.6. The van der Waals surface area contributed by atoms with Gasteiger partial charge in [0.1, 0.15) is 5.82 Å². The summed E-state index contributed by atoms with van der Waals surface area (Å²) in [6.45, 7) is 2.17. The number of aliphatic hydroxyl groups is 2. The van der Waals surface area contributed by atoms with Crippen LogP contribution in [0.25, 0.3) is 0 Å². The summed E-state index contributed by atoms with van der Waals surface area (Å²) in [6.07, 6.45) is 0.121. The molecule has 3 unspecified atom stereocenters. The molecule has 0 bridgehead atoms. The normalized spacial score (nSPS) is 24.7. The number of likely N-dealkylation sites (tertiary alicyclic amines) is 1. The summed E-state index contributed by atoms with van der Waals surface area (Å²) in [5.41, 5.74) is 0.349. The molecule has 118 valence electrons. The molecule has 1 aliphatic heterocycles. The molecule has 5 heteroatoms. The minimum atomic E-state index is -0.802. The number of rotatable bonds is 6. The smallest absolute Gasteiger partial charge is 0.128 e. The molecule has 21 heavy (non-hydrogen) atoms. The van der Waals surface area contributed by atoms with Crippen molar-refractivity contribution < 1.29 is 14.6 Å². The summed E-state index contributed by atoms with van der Waals surface area (Å²) in [5, 5.41) is 20.0. The van der Waals surface area contributed by atoms with Crippen LogP contribution in [0.3, 0.4) is 0 Å². The number of halogens is 1. The third-order valence-electron chi connectivity index (χ3n) is 4.04. The predicted molar refractivity (Wildman–Crippen MR) is 80.5 cm³/mol. The van der Waals surface area contributed by atoms with Gasteiger partial charge in [-0.25, -0.2) is 4.39 Å². The average molecular weight is 296 g/mol. The van der Waals surface area contributed by atoms with Gasteiger partial charge in [-0.05, 0) is 33.0 Å². The molecule has 1 aromatic carbocycles. The van der Waals surface area contributed by atoms with Gasteiger partial charge < -0.3 is 15.1 Å². The molecular weight excluding hydrogens is 271 g/mol. The minimum Gasteiger partial charge on any atom is -0.392 e. The zero-order valence-corrected chi connectivity index (χ0v) is 12.7. The molecule has 0 spiro atoms. The van der Waals surface area contributed by atoms with Crippen molar-refractivity contribution in [2.75, 3.05) is 33.7 Å². The first kappa shape index (κ1) is 16.4. The molecule has 1 heterocycles. The molecule has 0 saturated carbocycles. The third kappa shape index (κ3) is 4.48. The Hall–Kier alpha value is -1.01. The quantitative estimate of drug-likeness (QED) is 0.829. The van der Waals surface area contributed by atoms with Crippen molar-refractivity contribution in [1.29, 1.82) is 0 Å². The zero-order chi connectivity index (χ0) is 15.4. The lowest BCUT2D eigenvalue weighted by Crippen LogP contribution is -2.38. The van der Waals surface area contributed by atoms with E-state index in [1.165, 1.54) is 6.07 Å². The lowest BCUT2D eigenvalue weighted by molar-refractivity contribution is 0.122. The molecule has 0 aliphatic carbocycles. The third-order valence-corrected chi connectivity index (χ3v) is 4.04. The van der Waals surface area contributed by atoms with Crippen molar-refractivity contribution in [3.8, 4) is 0 Å². The molecule has 0 aromatic heterocycles. The predicted octanol–water partition coefficient (Wildman–Crippen LogP) is 1.25. The first-order chi connectivity index (χ1) is 9.97. The van der Waals surface area contributed by atoms with Gasteiger partial charge in [0.05, 0.1) is 12.2 Å². The van der Waals surface area contributed by atoms with Crippen molar-refractivity contribution in [3.05, 3.63) is 35.6 Å². The van der Waals surface area contributed by atoms with Crippen molar-refractivity contribution in [1.82, 2.24) is 9.80 Å². The van der Waals surface area contributed by atoms with E-state index in [0.29, 0.717) is 31.1 Å². The fourth-order valence-electron chi connectivity index (χ4n) is 3.03. The lowest BCUT2D eigenvalue weighted by atomic mass is 10.1. The molecule has 3 atom stereocenters. The zero-order valence-electron chi connectivity index (χ0n) is 12.7. The Kier molecular flexibility index (Phi) is 5.70.